The zero-order valence-corrected chi connectivity index (χ0v) is 16.5. The molecular formula is C20H34N4O2. The third-order valence-electron chi connectivity index (χ3n) is 5.00. The first-order valence-corrected chi connectivity index (χ1v) is 9.62. The maximum absolute atomic E-state index is 5.97. The first-order valence-electron chi connectivity index (χ1n) is 9.62. The van der Waals surface area contributed by atoms with Crippen LogP contribution in [0.4, 0.5) is 0 Å². The van der Waals surface area contributed by atoms with E-state index in [2.05, 4.69) is 22.1 Å². The van der Waals surface area contributed by atoms with Gasteiger partial charge in [-0.15, -0.1) is 0 Å². The predicted molar refractivity (Wildman–Crippen MR) is 107 cm³/mol. The van der Waals surface area contributed by atoms with Gasteiger partial charge in [-0.25, -0.2) is 4.99 Å². The van der Waals surface area contributed by atoms with E-state index in [1.54, 1.807) is 14.2 Å². The van der Waals surface area contributed by atoms with Gasteiger partial charge in [-0.3, -0.25) is 0 Å². The third kappa shape index (κ3) is 6.41. The highest BCUT2D eigenvalue weighted by Gasteiger charge is 2.16. The van der Waals surface area contributed by atoms with Gasteiger partial charge in [0.15, 0.2) is 17.5 Å². The number of nitrogens with two attached hydrogens (primary N) is 1. The Morgan fingerprint density at radius 2 is 2.04 bits per heavy atom. The molecule has 0 amide bonds. The summed E-state index contributed by atoms with van der Waals surface area (Å²) in [7, 11) is 3.26. The van der Waals surface area contributed by atoms with Gasteiger partial charge in [0, 0.05) is 12.6 Å². The Morgan fingerprint density at radius 1 is 1.23 bits per heavy atom. The Labute approximate surface area is 157 Å². The van der Waals surface area contributed by atoms with E-state index in [9.17, 15) is 0 Å². The summed E-state index contributed by atoms with van der Waals surface area (Å²) < 4.78 is 10.6. The number of benzene rings is 1. The summed E-state index contributed by atoms with van der Waals surface area (Å²) >= 11 is 0. The number of unbranched alkanes of at least 4 members (excludes halogenated alkanes) is 1. The molecule has 1 aromatic carbocycles. The molecule has 0 aromatic heterocycles. The fourth-order valence-corrected chi connectivity index (χ4v) is 3.36. The van der Waals surface area contributed by atoms with E-state index in [1.165, 1.54) is 38.8 Å². The lowest BCUT2D eigenvalue weighted by molar-refractivity contribution is 0.158. The van der Waals surface area contributed by atoms with E-state index < -0.39 is 0 Å². The van der Waals surface area contributed by atoms with Gasteiger partial charge < -0.3 is 25.4 Å². The zero-order valence-electron chi connectivity index (χ0n) is 16.5. The molecule has 0 radical (unpaired) electrons. The Hall–Kier alpha value is -1.95. The number of ether oxygens (including phenoxy) is 2. The summed E-state index contributed by atoms with van der Waals surface area (Å²) in [5.41, 5.74) is 7.00. The molecule has 3 N–H and O–H groups in total. The molecule has 146 valence electrons. The average molecular weight is 363 g/mol. The number of aliphatic imine (C=N–C) groups is 1. The first kappa shape index (κ1) is 20.4. The van der Waals surface area contributed by atoms with E-state index in [0.29, 0.717) is 24.0 Å². The minimum absolute atomic E-state index is 0.492. The maximum atomic E-state index is 5.97. The smallest absolute Gasteiger partial charge is 0.188 e. The zero-order chi connectivity index (χ0) is 18.8. The van der Waals surface area contributed by atoms with Crippen molar-refractivity contribution in [1.82, 2.24) is 10.2 Å². The fraction of sp³-hybridized carbons (Fsp3) is 0.650. The SMILES string of the molecule is COc1ccc(CN=C(N)NCCCCN2CCCCC2C)cc1OC. The number of methoxy groups -OCH3 is 2. The average Bonchev–Trinajstić information content (AvgIpc) is 2.67. The van der Waals surface area contributed by atoms with Crippen molar-refractivity contribution in [1.29, 1.82) is 0 Å². The summed E-state index contributed by atoms with van der Waals surface area (Å²) in [6.07, 6.45) is 6.37. The molecule has 6 heteroatoms. The minimum Gasteiger partial charge on any atom is -0.493 e. The molecule has 1 atom stereocenters. The van der Waals surface area contributed by atoms with Gasteiger partial charge in [-0.2, -0.15) is 0 Å². The van der Waals surface area contributed by atoms with Gasteiger partial charge in [0.25, 0.3) is 0 Å². The number of likely N-dealkylation sites (tertiary alicyclic amines) is 1. The van der Waals surface area contributed by atoms with E-state index in [-0.39, 0.29) is 0 Å². The standard InChI is InChI=1S/C20H34N4O2/c1-16-8-4-6-12-24(16)13-7-5-11-22-20(21)23-15-17-9-10-18(25-2)19(14-17)26-3/h9-10,14,16H,4-8,11-13,15H2,1-3H3,(H3,21,22,23). The van der Waals surface area contributed by atoms with Crippen molar-refractivity contribution in [2.75, 3.05) is 33.9 Å². The highest BCUT2D eigenvalue weighted by molar-refractivity contribution is 5.77. The second kappa shape index (κ2) is 10.9. The monoisotopic (exact) mass is 362 g/mol. The number of piperidine rings is 1. The number of nitrogens with zero attached hydrogens (tertiary/aromatic N) is 2. The minimum atomic E-state index is 0.492. The van der Waals surface area contributed by atoms with Crippen molar-refractivity contribution in [2.45, 2.75) is 51.6 Å². The Morgan fingerprint density at radius 3 is 2.77 bits per heavy atom. The number of hydrogen-bond donors (Lipinski definition) is 2. The number of hydrogen-bond acceptors (Lipinski definition) is 4. The summed E-state index contributed by atoms with van der Waals surface area (Å²) in [4.78, 5) is 7.01. The predicted octanol–water partition coefficient (Wildman–Crippen LogP) is 2.76. The molecule has 1 fully saturated rings. The van der Waals surface area contributed by atoms with E-state index >= 15 is 0 Å². The van der Waals surface area contributed by atoms with Crippen LogP contribution < -0.4 is 20.5 Å². The number of guanidine groups is 1. The highest BCUT2D eigenvalue weighted by atomic mass is 16.5. The summed E-state index contributed by atoms with van der Waals surface area (Å²) in [5, 5.41) is 3.21. The van der Waals surface area contributed by atoms with Crippen LogP contribution in [-0.2, 0) is 6.54 Å². The van der Waals surface area contributed by atoms with Gasteiger partial charge in [0.2, 0.25) is 0 Å². The van der Waals surface area contributed by atoms with Crippen LogP contribution in [0, 0.1) is 0 Å². The van der Waals surface area contributed by atoms with Crippen molar-refractivity contribution in [2.24, 2.45) is 10.7 Å². The summed E-state index contributed by atoms with van der Waals surface area (Å²) in [6, 6.07) is 6.52. The van der Waals surface area contributed by atoms with Crippen LogP contribution in [0.25, 0.3) is 0 Å². The van der Waals surface area contributed by atoms with Crippen molar-refractivity contribution >= 4 is 5.96 Å². The lowest BCUT2D eigenvalue weighted by Crippen LogP contribution is -2.38. The van der Waals surface area contributed by atoms with Gasteiger partial charge in [-0.05, 0) is 63.4 Å². The van der Waals surface area contributed by atoms with Crippen molar-refractivity contribution in [3.05, 3.63) is 23.8 Å². The maximum Gasteiger partial charge on any atom is 0.188 e. The lowest BCUT2D eigenvalue weighted by atomic mass is 10.0. The van der Waals surface area contributed by atoms with Gasteiger partial charge in [-0.1, -0.05) is 12.5 Å². The molecule has 26 heavy (non-hydrogen) atoms. The van der Waals surface area contributed by atoms with E-state index in [1.807, 2.05) is 18.2 Å². The summed E-state index contributed by atoms with van der Waals surface area (Å²) in [6.45, 7) is 6.17. The van der Waals surface area contributed by atoms with Crippen LogP contribution in [0.15, 0.2) is 23.2 Å². The van der Waals surface area contributed by atoms with Gasteiger partial charge >= 0.3 is 0 Å². The quantitative estimate of drug-likeness (QED) is 0.401. The first-order chi connectivity index (χ1) is 12.6. The molecule has 1 aliphatic rings. The van der Waals surface area contributed by atoms with Crippen LogP contribution >= 0.6 is 0 Å². The molecule has 6 nitrogen and oxygen atoms in total. The molecule has 2 rings (SSSR count). The van der Waals surface area contributed by atoms with Gasteiger partial charge in [0.05, 0.1) is 20.8 Å². The second-order valence-electron chi connectivity index (χ2n) is 6.91. The largest absolute Gasteiger partial charge is 0.493 e. The molecule has 1 unspecified atom stereocenters. The number of nitrogens with one attached hydrogen (secondary N) is 1. The molecule has 1 saturated heterocycles. The lowest BCUT2D eigenvalue weighted by Gasteiger charge is -2.33. The third-order valence-corrected chi connectivity index (χ3v) is 5.00. The van der Waals surface area contributed by atoms with Crippen LogP contribution in [0.3, 0.4) is 0 Å². The second-order valence-corrected chi connectivity index (χ2v) is 6.91. The van der Waals surface area contributed by atoms with E-state index in [4.69, 9.17) is 15.2 Å². The molecule has 0 aliphatic carbocycles. The van der Waals surface area contributed by atoms with Crippen LogP contribution in [0.1, 0.15) is 44.6 Å². The number of rotatable bonds is 9. The van der Waals surface area contributed by atoms with Gasteiger partial charge in [0.1, 0.15) is 0 Å². The van der Waals surface area contributed by atoms with E-state index in [0.717, 1.165) is 24.6 Å². The molecule has 0 spiro atoms. The Balaban J connectivity index is 1.66. The van der Waals surface area contributed by atoms with Crippen LogP contribution in [0.2, 0.25) is 0 Å². The van der Waals surface area contributed by atoms with Crippen LogP contribution in [-0.4, -0.2) is 50.8 Å². The normalized spacial score (nSPS) is 18.6. The van der Waals surface area contributed by atoms with Crippen molar-refractivity contribution in [3.8, 4) is 11.5 Å². The van der Waals surface area contributed by atoms with Crippen molar-refractivity contribution in [3.63, 3.8) is 0 Å². The molecule has 1 aromatic rings. The molecular weight excluding hydrogens is 328 g/mol. The summed E-state index contributed by atoms with van der Waals surface area (Å²) in [5.74, 6) is 1.92. The Bertz CT molecular complexity index is 577. The fourth-order valence-electron chi connectivity index (χ4n) is 3.36. The molecule has 1 heterocycles. The van der Waals surface area contributed by atoms with Crippen molar-refractivity contribution < 1.29 is 9.47 Å². The molecule has 0 bridgehead atoms. The van der Waals surface area contributed by atoms with Crippen LogP contribution in [0.5, 0.6) is 11.5 Å². The topological polar surface area (TPSA) is 72.1 Å². The molecule has 0 saturated carbocycles. The Kier molecular flexibility index (Phi) is 8.54. The molecule has 1 aliphatic heterocycles. The highest BCUT2D eigenvalue weighted by Crippen LogP contribution is 2.27.